The highest BCUT2D eigenvalue weighted by Crippen LogP contribution is 2.37. The van der Waals surface area contributed by atoms with Crippen LogP contribution in [0.25, 0.3) is 0 Å². The van der Waals surface area contributed by atoms with Gasteiger partial charge in [-0.1, -0.05) is 45.4 Å². The number of benzene rings is 2. The van der Waals surface area contributed by atoms with Gasteiger partial charge in [0.05, 0.1) is 18.1 Å². The van der Waals surface area contributed by atoms with Crippen LogP contribution in [0.1, 0.15) is 83.8 Å². The third-order valence-corrected chi connectivity index (χ3v) is 8.70. The highest BCUT2D eigenvalue weighted by Gasteiger charge is 2.36. The number of carbonyl (C=O) groups is 1. The number of alkyl carbamates (subject to hydrolysis) is 1. The standard InChI is InChI=1S/C32H45N3O6/c1-21(2)27-16-10-22(3)18-29(27)41-31(36)34-32(4,33-20-23-11-14-25(15-12-23)35(37)38)24-13-17-28(39-5)30(19-24)40-26-8-6-7-9-26/h11-15,17,19,21-22,26-27,29,33H,6-10,16,18,20H2,1-5H3,(H,34,36)/t22?,27?,29?,32-/m1/s1. The van der Waals surface area contributed by atoms with E-state index in [1.54, 1.807) is 19.2 Å². The second kappa shape index (κ2) is 13.6. The van der Waals surface area contributed by atoms with E-state index in [-0.39, 0.29) is 17.9 Å². The first kappa shape index (κ1) is 30.6. The number of hydrogen-bond acceptors (Lipinski definition) is 7. The zero-order chi connectivity index (χ0) is 29.6. The van der Waals surface area contributed by atoms with Crippen LogP contribution < -0.4 is 20.1 Å². The molecule has 9 nitrogen and oxygen atoms in total. The Bertz CT molecular complexity index is 1180. The van der Waals surface area contributed by atoms with Crippen molar-refractivity contribution in [1.29, 1.82) is 0 Å². The van der Waals surface area contributed by atoms with E-state index in [4.69, 9.17) is 14.2 Å². The lowest BCUT2D eigenvalue weighted by Gasteiger charge is -2.38. The van der Waals surface area contributed by atoms with Gasteiger partial charge >= 0.3 is 6.09 Å². The molecular formula is C32H45N3O6. The van der Waals surface area contributed by atoms with Crippen LogP contribution in [-0.2, 0) is 16.9 Å². The Labute approximate surface area is 243 Å². The number of non-ortho nitro benzene ring substituents is 1. The fourth-order valence-electron chi connectivity index (χ4n) is 6.12. The van der Waals surface area contributed by atoms with Gasteiger partial charge in [0.15, 0.2) is 11.5 Å². The zero-order valence-electron chi connectivity index (χ0n) is 25.0. The maximum atomic E-state index is 13.5. The summed E-state index contributed by atoms with van der Waals surface area (Å²) in [5.41, 5.74) is 0.618. The summed E-state index contributed by atoms with van der Waals surface area (Å²) >= 11 is 0. The monoisotopic (exact) mass is 567 g/mol. The lowest BCUT2D eigenvalue weighted by molar-refractivity contribution is -0.384. The van der Waals surface area contributed by atoms with Gasteiger partial charge in [-0.3, -0.25) is 20.7 Å². The van der Waals surface area contributed by atoms with E-state index in [2.05, 4.69) is 31.4 Å². The topological polar surface area (TPSA) is 112 Å². The molecular weight excluding hydrogens is 522 g/mol. The molecule has 2 aromatic rings. The number of hydrogen-bond donors (Lipinski definition) is 2. The molecule has 0 heterocycles. The molecule has 41 heavy (non-hydrogen) atoms. The van der Waals surface area contributed by atoms with Gasteiger partial charge in [0.2, 0.25) is 0 Å². The maximum Gasteiger partial charge on any atom is 0.409 e. The van der Waals surface area contributed by atoms with Crippen molar-refractivity contribution in [3.8, 4) is 11.5 Å². The molecule has 9 heteroatoms. The molecule has 2 N–H and O–H groups in total. The number of ether oxygens (including phenoxy) is 3. The molecule has 3 unspecified atom stereocenters. The molecule has 2 aliphatic carbocycles. The molecule has 2 aliphatic rings. The first-order chi connectivity index (χ1) is 19.6. The van der Waals surface area contributed by atoms with Crippen LogP contribution in [0.3, 0.4) is 0 Å². The molecule has 0 spiro atoms. The number of nitrogens with zero attached hydrogens (tertiary/aromatic N) is 1. The molecule has 2 saturated carbocycles. The molecule has 2 fully saturated rings. The Kier molecular flexibility index (Phi) is 10.1. The van der Waals surface area contributed by atoms with Crippen molar-refractivity contribution in [2.75, 3.05) is 7.11 Å². The SMILES string of the molecule is COc1ccc([C@](C)(NCc2ccc([N+](=O)[O-])cc2)NC(=O)OC2CC(C)CCC2C(C)C)cc1OC1CCCC1. The Morgan fingerprint density at radius 3 is 2.41 bits per heavy atom. The number of carbonyl (C=O) groups excluding carboxylic acids is 1. The van der Waals surface area contributed by atoms with Crippen molar-refractivity contribution >= 4 is 11.8 Å². The lowest BCUT2D eigenvalue weighted by Crippen LogP contribution is -2.54. The predicted molar refractivity (Wildman–Crippen MR) is 158 cm³/mol. The number of methoxy groups -OCH3 is 1. The Morgan fingerprint density at radius 2 is 1.78 bits per heavy atom. The smallest absolute Gasteiger partial charge is 0.409 e. The van der Waals surface area contributed by atoms with Gasteiger partial charge in [-0.15, -0.1) is 0 Å². The summed E-state index contributed by atoms with van der Waals surface area (Å²) < 4.78 is 18.1. The molecule has 0 aromatic heterocycles. The van der Waals surface area contributed by atoms with Crippen LogP contribution in [0.5, 0.6) is 11.5 Å². The zero-order valence-corrected chi connectivity index (χ0v) is 25.0. The van der Waals surface area contributed by atoms with E-state index in [9.17, 15) is 14.9 Å². The molecule has 4 rings (SSSR count). The summed E-state index contributed by atoms with van der Waals surface area (Å²) in [7, 11) is 1.62. The van der Waals surface area contributed by atoms with Gasteiger partial charge in [-0.2, -0.15) is 0 Å². The maximum absolute atomic E-state index is 13.5. The summed E-state index contributed by atoms with van der Waals surface area (Å²) in [5, 5.41) is 17.7. The summed E-state index contributed by atoms with van der Waals surface area (Å²) in [4.78, 5) is 24.2. The fraction of sp³-hybridized carbons (Fsp3) is 0.594. The molecule has 0 saturated heterocycles. The fourth-order valence-corrected chi connectivity index (χ4v) is 6.12. The molecule has 4 atom stereocenters. The van der Waals surface area contributed by atoms with Crippen LogP contribution in [-0.4, -0.2) is 30.3 Å². The van der Waals surface area contributed by atoms with Crippen LogP contribution in [0.4, 0.5) is 10.5 Å². The normalized spacial score (nSPS) is 22.6. The van der Waals surface area contributed by atoms with Crippen LogP contribution in [0, 0.1) is 27.9 Å². The summed E-state index contributed by atoms with van der Waals surface area (Å²) in [6, 6.07) is 12.1. The number of rotatable bonds is 11. The Hall–Kier alpha value is -3.33. The van der Waals surface area contributed by atoms with Crippen molar-refractivity contribution in [3.63, 3.8) is 0 Å². The quantitative estimate of drug-likeness (QED) is 0.170. The van der Waals surface area contributed by atoms with Crippen molar-refractivity contribution in [1.82, 2.24) is 10.6 Å². The van der Waals surface area contributed by atoms with Crippen molar-refractivity contribution in [3.05, 3.63) is 63.7 Å². The molecule has 2 aromatic carbocycles. The summed E-state index contributed by atoms with van der Waals surface area (Å²) in [5.74, 6) is 2.52. The number of amides is 1. The third-order valence-electron chi connectivity index (χ3n) is 8.70. The molecule has 0 bridgehead atoms. The van der Waals surface area contributed by atoms with Crippen molar-refractivity contribution < 1.29 is 23.9 Å². The largest absolute Gasteiger partial charge is 0.493 e. The predicted octanol–water partition coefficient (Wildman–Crippen LogP) is 7.07. The van der Waals surface area contributed by atoms with Gasteiger partial charge in [0.1, 0.15) is 11.8 Å². The Balaban J connectivity index is 1.59. The Morgan fingerprint density at radius 1 is 1.07 bits per heavy atom. The van der Waals surface area contributed by atoms with E-state index in [1.165, 1.54) is 12.1 Å². The average molecular weight is 568 g/mol. The first-order valence-electron chi connectivity index (χ1n) is 14.9. The number of nitro benzene ring substituents is 1. The van der Waals surface area contributed by atoms with Gasteiger partial charge in [0, 0.05) is 18.7 Å². The third kappa shape index (κ3) is 7.91. The van der Waals surface area contributed by atoms with Crippen molar-refractivity contribution in [2.24, 2.45) is 17.8 Å². The van der Waals surface area contributed by atoms with Gasteiger partial charge in [-0.05, 0) is 86.5 Å². The van der Waals surface area contributed by atoms with E-state index in [0.29, 0.717) is 35.8 Å². The second-order valence-electron chi connectivity index (χ2n) is 12.2. The van der Waals surface area contributed by atoms with E-state index in [1.807, 2.05) is 25.1 Å². The highest BCUT2D eigenvalue weighted by molar-refractivity contribution is 5.69. The van der Waals surface area contributed by atoms with Gasteiger partial charge in [-0.25, -0.2) is 4.79 Å². The molecule has 0 radical (unpaired) electrons. The molecule has 0 aliphatic heterocycles. The minimum Gasteiger partial charge on any atom is -0.493 e. The minimum absolute atomic E-state index is 0.0310. The van der Waals surface area contributed by atoms with Crippen LogP contribution in [0.15, 0.2) is 42.5 Å². The molecule has 1 amide bonds. The lowest BCUT2D eigenvalue weighted by atomic mass is 9.75. The number of nitro groups is 1. The van der Waals surface area contributed by atoms with Gasteiger partial charge in [0.25, 0.3) is 5.69 Å². The van der Waals surface area contributed by atoms with Crippen LogP contribution >= 0.6 is 0 Å². The minimum atomic E-state index is -1.04. The van der Waals surface area contributed by atoms with E-state index >= 15 is 0 Å². The highest BCUT2D eigenvalue weighted by atomic mass is 16.6. The van der Waals surface area contributed by atoms with Gasteiger partial charge < -0.3 is 14.2 Å². The molecule has 224 valence electrons. The van der Waals surface area contributed by atoms with E-state index < -0.39 is 16.7 Å². The average Bonchev–Trinajstić information content (AvgIpc) is 3.45. The first-order valence-corrected chi connectivity index (χ1v) is 14.9. The number of nitrogens with one attached hydrogen (secondary N) is 2. The van der Waals surface area contributed by atoms with Crippen molar-refractivity contribution in [2.45, 2.75) is 97.1 Å². The second-order valence-corrected chi connectivity index (χ2v) is 12.2. The summed E-state index contributed by atoms with van der Waals surface area (Å²) in [6.07, 6.45) is 6.86. The van der Waals surface area contributed by atoms with Crippen LogP contribution in [0.2, 0.25) is 0 Å². The summed E-state index contributed by atoms with van der Waals surface area (Å²) in [6.45, 7) is 8.84. The van der Waals surface area contributed by atoms with E-state index in [0.717, 1.165) is 56.1 Å².